The van der Waals surface area contributed by atoms with Crippen molar-refractivity contribution in [2.24, 2.45) is 0 Å². The Bertz CT molecular complexity index is 698. The number of nitrogens with zero attached hydrogens (tertiary/aromatic N) is 5. The van der Waals surface area contributed by atoms with Crippen LogP contribution in [0.15, 0.2) is 35.9 Å². The highest BCUT2D eigenvalue weighted by Crippen LogP contribution is 2.13. The SMILES string of the molecule is CSc1ncc(C(=O)N2CCN(Cc3ncccc3C)CC2)cn1. The van der Waals surface area contributed by atoms with Crippen LogP contribution in [0.2, 0.25) is 0 Å². The van der Waals surface area contributed by atoms with Crippen LogP contribution in [-0.4, -0.2) is 63.1 Å². The van der Waals surface area contributed by atoms with Crippen molar-refractivity contribution in [2.45, 2.75) is 18.6 Å². The molecule has 0 radical (unpaired) electrons. The monoisotopic (exact) mass is 343 g/mol. The van der Waals surface area contributed by atoms with Crippen molar-refractivity contribution in [3.63, 3.8) is 0 Å². The van der Waals surface area contributed by atoms with E-state index < -0.39 is 0 Å². The van der Waals surface area contributed by atoms with Gasteiger partial charge in [0, 0.05) is 51.3 Å². The molecule has 1 aliphatic heterocycles. The third kappa shape index (κ3) is 3.91. The number of pyridine rings is 1. The first-order valence-electron chi connectivity index (χ1n) is 7.95. The van der Waals surface area contributed by atoms with Gasteiger partial charge >= 0.3 is 0 Å². The van der Waals surface area contributed by atoms with Crippen LogP contribution >= 0.6 is 11.8 Å². The predicted octanol–water partition coefficient (Wildman–Crippen LogP) is 1.86. The molecule has 3 heterocycles. The summed E-state index contributed by atoms with van der Waals surface area (Å²) < 4.78 is 0. The zero-order valence-corrected chi connectivity index (χ0v) is 14.8. The molecule has 1 amide bonds. The van der Waals surface area contributed by atoms with E-state index in [0.717, 1.165) is 38.4 Å². The maximum Gasteiger partial charge on any atom is 0.257 e. The summed E-state index contributed by atoms with van der Waals surface area (Å²) in [4.78, 5) is 29.5. The van der Waals surface area contributed by atoms with Gasteiger partial charge in [0.2, 0.25) is 0 Å². The number of carbonyl (C=O) groups excluding carboxylic acids is 1. The van der Waals surface area contributed by atoms with E-state index in [9.17, 15) is 4.79 Å². The van der Waals surface area contributed by atoms with Crippen molar-refractivity contribution in [1.82, 2.24) is 24.8 Å². The second-order valence-electron chi connectivity index (χ2n) is 5.79. The first kappa shape index (κ1) is 16.9. The summed E-state index contributed by atoms with van der Waals surface area (Å²) in [5.74, 6) is 0.0105. The number of aromatic nitrogens is 3. The maximum atomic E-state index is 12.5. The fourth-order valence-electron chi connectivity index (χ4n) is 2.72. The van der Waals surface area contributed by atoms with Crippen LogP contribution in [-0.2, 0) is 6.54 Å². The first-order valence-corrected chi connectivity index (χ1v) is 9.18. The number of rotatable bonds is 4. The molecule has 126 valence electrons. The molecule has 24 heavy (non-hydrogen) atoms. The Kier molecular flexibility index (Phi) is 5.42. The smallest absolute Gasteiger partial charge is 0.257 e. The highest BCUT2D eigenvalue weighted by atomic mass is 32.2. The fraction of sp³-hybridized carbons (Fsp3) is 0.412. The molecule has 0 bridgehead atoms. The highest BCUT2D eigenvalue weighted by Gasteiger charge is 2.23. The lowest BCUT2D eigenvalue weighted by molar-refractivity contribution is 0.0625. The fourth-order valence-corrected chi connectivity index (χ4v) is 3.04. The summed E-state index contributed by atoms with van der Waals surface area (Å²) >= 11 is 1.47. The molecule has 1 fully saturated rings. The van der Waals surface area contributed by atoms with Crippen molar-refractivity contribution in [3.05, 3.63) is 47.5 Å². The maximum absolute atomic E-state index is 12.5. The minimum atomic E-state index is 0.0105. The Balaban J connectivity index is 1.56. The van der Waals surface area contributed by atoms with Gasteiger partial charge in [0.25, 0.3) is 5.91 Å². The van der Waals surface area contributed by atoms with Crippen LogP contribution in [0, 0.1) is 6.92 Å². The molecule has 2 aromatic rings. The largest absolute Gasteiger partial charge is 0.336 e. The molecule has 0 aromatic carbocycles. The molecule has 1 saturated heterocycles. The molecule has 0 saturated carbocycles. The molecular weight excluding hydrogens is 322 g/mol. The number of aryl methyl sites for hydroxylation is 1. The molecule has 0 N–H and O–H groups in total. The van der Waals surface area contributed by atoms with E-state index in [-0.39, 0.29) is 5.91 Å². The van der Waals surface area contributed by atoms with Gasteiger partial charge < -0.3 is 4.90 Å². The van der Waals surface area contributed by atoms with Crippen molar-refractivity contribution in [2.75, 3.05) is 32.4 Å². The van der Waals surface area contributed by atoms with Gasteiger partial charge in [-0.15, -0.1) is 0 Å². The molecule has 0 unspecified atom stereocenters. The number of hydrogen-bond acceptors (Lipinski definition) is 6. The van der Waals surface area contributed by atoms with Crippen LogP contribution in [0.1, 0.15) is 21.6 Å². The molecule has 0 aliphatic carbocycles. The predicted molar refractivity (Wildman–Crippen MR) is 94.0 cm³/mol. The Morgan fingerprint density at radius 2 is 1.88 bits per heavy atom. The minimum Gasteiger partial charge on any atom is -0.336 e. The molecule has 6 nitrogen and oxygen atoms in total. The van der Waals surface area contributed by atoms with Gasteiger partial charge in [-0.3, -0.25) is 14.7 Å². The van der Waals surface area contributed by atoms with Crippen LogP contribution in [0.5, 0.6) is 0 Å². The van der Waals surface area contributed by atoms with E-state index in [1.807, 2.05) is 23.4 Å². The second-order valence-corrected chi connectivity index (χ2v) is 6.57. The third-order valence-corrected chi connectivity index (χ3v) is 4.78. The van der Waals surface area contributed by atoms with Crippen molar-refractivity contribution in [3.8, 4) is 0 Å². The molecule has 2 aromatic heterocycles. The van der Waals surface area contributed by atoms with Crippen molar-refractivity contribution < 1.29 is 4.79 Å². The normalized spacial score (nSPS) is 15.5. The Hall–Kier alpha value is -1.99. The standard InChI is InChI=1S/C17H21N5OS/c1-13-4-3-5-18-15(13)12-21-6-8-22(9-7-21)16(23)14-10-19-17(24-2)20-11-14/h3-5,10-11H,6-9,12H2,1-2H3. The molecule has 1 aliphatic rings. The number of hydrogen-bond donors (Lipinski definition) is 0. The lowest BCUT2D eigenvalue weighted by Gasteiger charge is -2.34. The van der Waals surface area contributed by atoms with Crippen LogP contribution in [0.25, 0.3) is 0 Å². The summed E-state index contributed by atoms with van der Waals surface area (Å²) in [6.07, 6.45) is 6.98. The van der Waals surface area contributed by atoms with Gasteiger partial charge in [0.15, 0.2) is 5.16 Å². The summed E-state index contributed by atoms with van der Waals surface area (Å²) in [5, 5.41) is 0.683. The average molecular weight is 343 g/mol. The molecule has 0 atom stereocenters. The molecule has 0 spiro atoms. The van der Waals surface area contributed by atoms with Crippen LogP contribution < -0.4 is 0 Å². The first-order chi connectivity index (χ1) is 11.7. The van der Waals surface area contributed by atoms with Gasteiger partial charge in [-0.25, -0.2) is 9.97 Å². The quantitative estimate of drug-likeness (QED) is 0.624. The van der Waals surface area contributed by atoms with Crippen LogP contribution in [0.3, 0.4) is 0 Å². The molecule has 3 rings (SSSR count). The van der Waals surface area contributed by atoms with E-state index in [4.69, 9.17) is 0 Å². The molecular formula is C17H21N5OS. The van der Waals surface area contributed by atoms with Gasteiger partial charge in [0.05, 0.1) is 11.3 Å². The van der Waals surface area contributed by atoms with E-state index in [2.05, 4.69) is 32.8 Å². The van der Waals surface area contributed by atoms with E-state index in [1.165, 1.54) is 17.3 Å². The zero-order chi connectivity index (χ0) is 16.9. The second kappa shape index (κ2) is 7.72. The van der Waals surface area contributed by atoms with E-state index in [0.29, 0.717) is 10.7 Å². The molecule has 7 heteroatoms. The Morgan fingerprint density at radius 1 is 1.17 bits per heavy atom. The van der Waals surface area contributed by atoms with Gasteiger partial charge in [0.1, 0.15) is 0 Å². The third-order valence-electron chi connectivity index (χ3n) is 4.21. The number of thioether (sulfide) groups is 1. The topological polar surface area (TPSA) is 62.2 Å². The Morgan fingerprint density at radius 3 is 2.50 bits per heavy atom. The van der Waals surface area contributed by atoms with Gasteiger partial charge in [-0.2, -0.15) is 0 Å². The summed E-state index contributed by atoms with van der Waals surface area (Å²) in [7, 11) is 0. The van der Waals surface area contributed by atoms with Crippen LogP contribution in [0.4, 0.5) is 0 Å². The van der Waals surface area contributed by atoms with Gasteiger partial charge in [-0.1, -0.05) is 17.8 Å². The van der Waals surface area contributed by atoms with Crippen molar-refractivity contribution >= 4 is 17.7 Å². The average Bonchev–Trinajstić information content (AvgIpc) is 2.64. The van der Waals surface area contributed by atoms with Crippen molar-refractivity contribution in [1.29, 1.82) is 0 Å². The minimum absolute atomic E-state index is 0.0105. The number of piperazine rings is 1. The summed E-state index contributed by atoms with van der Waals surface area (Å²) in [6.45, 7) is 6.06. The lowest BCUT2D eigenvalue weighted by Crippen LogP contribution is -2.48. The van der Waals surface area contributed by atoms with Gasteiger partial charge in [-0.05, 0) is 24.8 Å². The Labute approximate surface area is 146 Å². The highest BCUT2D eigenvalue weighted by molar-refractivity contribution is 7.98. The zero-order valence-electron chi connectivity index (χ0n) is 14.0. The van der Waals surface area contributed by atoms with E-state index >= 15 is 0 Å². The number of amides is 1. The summed E-state index contributed by atoms with van der Waals surface area (Å²) in [5.41, 5.74) is 2.88. The number of carbonyl (C=O) groups is 1. The summed E-state index contributed by atoms with van der Waals surface area (Å²) in [6, 6.07) is 4.04. The lowest BCUT2D eigenvalue weighted by atomic mass is 10.2. The van der Waals surface area contributed by atoms with E-state index in [1.54, 1.807) is 12.4 Å².